The molecule has 0 aliphatic rings. The van der Waals surface area contributed by atoms with E-state index in [-0.39, 0.29) is 0 Å². The molecular weight excluding hydrogens is 146 g/mol. The molecule has 74 valence electrons. The molecule has 0 bridgehead atoms. The van der Waals surface area contributed by atoms with E-state index in [4.69, 9.17) is 0 Å². The van der Waals surface area contributed by atoms with Gasteiger partial charge in [0.2, 0.25) is 0 Å². The molecule has 2 unspecified atom stereocenters. The van der Waals surface area contributed by atoms with Gasteiger partial charge in [0.15, 0.2) is 0 Å². The van der Waals surface area contributed by atoms with E-state index in [9.17, 15) is 0 Å². The summed E-state index contributed by atoms with van der Waals surface area (Å²) in [5.74, 6) is 0.768. The highest BCUT2D eigenvalue weighted by molar-refractivity contribution is 4.75. The van der Waals surface area contributed by atoms with Crippen LogP contribution in [0.2, 0.25) is 0 Å². The average molecular weight is 171 g/mol. The number of rotatable bonds is 5. The maximum absolute atomic E-state index is 3.31. The van der Waals surface area contributed by atoms with Gasteiger partial charge in [-0.3, -0.25) is 0 Å². The van der Waals surface area contributed by atoms with Crippen LogP contribution < -0.4 is 5.32 Å². The Balaban J connectivity index is 3.90. The van der Waals surface area contributed by atoms with Crippen molar-refractivity contribution in [3.8, 4) is 0 Å². The van der Waals surface area contributed by atoms with E-state index in [0.717, 1.165) is 5.92 Å². The largest absolute Gasteiger partial charge is 0.317 e. The summed E-state index contributed by atoms with van der Waals surface area (Å²) in [5.41, 5.74) is 0.504. The molecule has 0 rings (SSSR count). The third-order valence-electron chi connectivity index (χ3n) is 3.14. The first kappa shape index (κ1) is 12.0. The topological polar surface area (TPSA) is 12.0 Å². The Morgan fingerprint density at radius 2 is 1.75 bits per heavy atom. The van der Waals surface area contributed by atoms with Gasteiger partial charge in [-0.1, -0.05) is 34.1 Å². The van der Waals surface area contributed by atoms with Crippen LogP contribution in [0.5, 0.6) is 0 Å². The van der Waals surface area contributed by atoms with Crippen LogP contribution in [0.1, 0.15) is 47.5 Å². The number of nitrogens with one attached hydrogen (secondary N) is 1. The SMILES string of the molecule is CCC(C)(C)CC(C)C(C)NC. The van der Waals surface area contributed by atoms with E-state index in [0.29, 0.717) is 11.5 Å². The fourth-order valence-electron chi connectivity index (χ4n) is 1.48. The lowest BCUT2D eigenvalue weighted by atomic mass is 9.79. The fraction of sp³-hybridized carbons (Fsp3) is 1.00. The van der Waals surface area contributed by atoms with Crippen molar-refractivity contribution in [2.45, 2.75) is 53.5 Å². The first-order valence-corrected chi connectivity index (χ1v) is 5.10. The van der Waals surface area contributed by atoms with Gasteiger partial charge in [0.25, 0.3) is 0 Å². The lowest BCUT2D eigenvalue weighted by Gasteiger charge is -2.29. The summed E-state index contributed by atoms with van der Waals surface area (Å²) in [5, 5.41) is 3.31. The van der Waals surface area contributed by atoms with E-state index in [1.807, 2.05) is 7.05 Å². The predicted molar refractivity (Wildman–Crippen MR) is 56.4 cm³/mol. The van der Waals surface area contributed by atoms with Crippen LogP contribution in [0.25, 0.3) is 0 Å². The summed E-state index contributed by atoms with van der Waals surface area (Å²) in [4.78, 5) is 0. The van der Waals surface area contributed by atoms with Gasteiger partial charge in [-0.05, 0) is 31.7 Å². The maximum Gasteiger partial charge on any atom is 0.00615 e. The summed E-state index contributed by atoms with van der Waals surface area (Å²) < 4.78 is 0. The highest BCUT2D eigenvalue weighted by Gasteiger charge is 2.21. The Bertz CT molecular complexity index is 118. The summed E-state index contributed by atoms with van der Waals surface area (Å²) in [6, 6.07) is 0.635. The molecule has 0 spiro atoms. The summed E-state index contributed by atoms with van der Waals surface area (Å²) >= 11 is 0. The molecule has 1 N–H and O–H groups in total. The van der Waals surface area contributed by atoms with E-state index in [1.54, 1.807) is 0 Å². The van der Waals surface area contributed by atoms with Crippen LogP contribution in [-0.2, 0) is 0 Å². The maximum atomic E-state index is 3.31. The van der Waals surface area contributed by atoms with E-state index in [2.05, 4.69) is 39.9 Å². The van der Waals surface area contributed by atoms with Gasteiger partial charge in [0, 0.05) is 6.04 Å². The zero-order valence-corrected chi connectivity index (χ0v) is 9.57. The number of hydrogen-bond donors (Lipinski definition) is 1. The molecule has 0 aromatic rings. The normalized spacial score (nSPS) is 17.5. The second kappa shape index (κ2) is 4.86. The van der Waals surface area contributed by atoms with Gasteiger partial charge >= 0.3 is 0 Å². The second-order valence-corrected chi connectivity index (χ2v) is 4.78. The average Bonchev–Trinajstić information content (AvgIpc) is 2.02. The lowest BCUT2D eigenvalue weighted by Crippen LogP contribution is -2.31. The van der Waals surface area contributed by atoms with Crippen molar-refractivity contribution < 1.29 is 0 Å². The van der Waals surface area contributed by atoms with Gasteiger partial charge in [-0.15, -0.1) is 0 Å². The molecule has 0 amide bonds. The summed E-state index contributed by atoms with van der Waals surface area (Å²) in [6.07, 6.45) is 2.58. The van der Waals surface area contributed by atoms with Crippen molar-refractivity contribution in [2.75, 3.05) is 7.05 Å². The van der Waals surface area contributed by atoms with E-state index in [1.165, 1.54) is 12.8 Å². The third kappa shape index (κ3) is 4.10. The first-order chi connectivity index (χ1) is 5.43. The minimum atomic E-state index is 0.504. The smallest absolute Gasteiger partial charge is 0.00615 e. The Hall–Kier alpha value is -0.0400. The van der Waals surface area contributed by atoms with Crippen LogP contribution in [0.3, 0.4) is 0 Å². The molecule has 2 atom stereocenters. The third-order valence-corrected chi connectivity index (χ3v) is 3.14. The standard InChI is InChI=1S/C11H25N/c1-7-11(4,5)8-9(2)10(3)12-6/h9-10,12H,7-8H2,1-6H3. The Kier molecular flexibility index (Phi) is 4.84. The molecule has 12 heavy (non-hydrogen) atoms. The fourth-order valence-corrected chi connectivity index (χ4v) is 1.48. The van der Waals surface area contributed by atoms with Crippen molar-refractivity contribution in [3.05, 3.63) is 0 Å². The summed E-state index contributed by atoms with van der Waals surface area (Å²) in [6.45, 7) is 11.6. The Morgan fingerprint density at radius 1 is 1.25 bits per heavy atom. The van der Waals surface area contributed by atoms with Crippen LogP contribution in [0.4, 0.5) is 0 Å². The lowest BCUT2D eigenvalue weighted by molar-refractivity contribution is 0.238. The number of hydrogen-bond acceptors (Lipinski definition) is 1. The molecule has 0 saturated heterocycles. The monoisotopic (exact) mass is 171 g/mol. The zero-order valence-electron chi connectivity index (χ0n) is 9.57. The Labute approximate surface area is 77.9 Å². The highest BCUT2D eigenvalue weighted by Crippen LogP contribution is 2.29. The van der Waals surface area contributed by atoms with Gasteiger partial charge < -0.3 is 5.32 Å². The van der Waals surface area contributed by atoms with Crippen molar-refractivity contribution >= 4 is 0 Å². The van der Waals surface area contributed by atoms with Gasteiger partial charge in [0.05, 0.1) is 0 Å². The molecule has 0 aromatic carbocycles. The summed E-state index contributed by atoms with van der Waals surface area (Å²) in [7, 11) is 2.04. The molecule has 1 nitrogen and oxygen atoms in total. The molecule has 0 heterocycles. The van der Waals surface area contributed by atoms with Crippen molar-refractivity contribution in [3.63, 3.8) is 0 Å². The van der Waals surface area contributed by atoms with E-state index < -0.39 is 0 Å². The predicted octanol–water partition coefficient (Wildman–Crippen LogP) is 3.06. The first-order valence-electron chi connectivity index (χ1n) is 5.10. The molecule has 0 radical (unpaired) electrons. The molecular formula is C11H25N. The van der Waals surface area contributed by atoms with E-state index >= 15 is 0 Å². The van der Waals surface area contributed by atoms with Gasteiger partial charge in [-0.25, -0.2) is 0 Å². The van der Waals surface area contributed by atoms with Crippen molar-refractivity contribution in [1.82, 2.24) is 5.32 Å². The minimum absolute atomic E-state index is 0.504. The van der Waals surface area contributed by atoms with Crippen LogP contribution in [0, 0.1) is 11.3 Å². The Morgan fingerprint density at radius 3 is 2.08 bits per heavy atom. The zero-order chi connectivity index (χ0) is 9.78. The molecule has 0 fully saturated rings. The van der Waals surface area contributed by atoms with Crippen molar-refractivity contribution in [2.24, 2.45) is 11.3 Å². The van der Waals surface area contributed by atoms with Crippen LogP contribution in [0.15, 0.2) is 0 Å². The second-order valence-electron chi connectivity index (χ2n) is 4.78. The quantitative estimate of drug-likeness (QED) is 0.670. The van der Waals surface area contributed by atoms with Crippen LogP contribution in [-0.4, -0.2) is 13.1 Å². The minimum Gasteiger partial charge on any atom is -0.317 e. The van der Waals surface area contributed by atoms with Gasteiger partial charge in [0.1, 0.15) is 0 Å². The molecule has 0 aliphatic heterocycles. The molecule has 1 heteroatoms. The van der Waals surface area contributed by atoms with Gasteiger partial charge in [-0.2, -0.15) is 0 Å². The highest BCUT2D eigenvalue weighted by atomic mass is 14.9. The molecule has 0 saturated carbocycles. The molecule has 0 aliphatic carbocycles. The van der Waals surface area contributed by atoms with Crippen molar-refractivity contribution in [1.29, 1.82) is 0 Å². The molecule has 0 aromatic heterocycles. The van der Waals surface area contributed by atoms with Crippen LogP contribution >= 0.6 is 0 Å².